The Morgan fingerprint density at radius 3 is 2.67 bits per heavy atom. The van der Waals surface area contributed by atoms with E-state index in [9.17, 15) is 14.5 Å². The predicted molar refractivity (Wildman–Crippen MR) is 86.2 cm³/mol. The topological polar surface area (TPSA) is 58.4 Å². The zero-order valence-electron chi connectivity index (χ0n) is 12.5. The van der Waals surface area contributed by atoms with E-state index in [1.165, 1.54) is 6.07 Å². The van der Waals surface area contributed by atoms with Gasteiger partial charge in [0, 0.05) is 12.6 Å². The van der Waals surface area contributed by atoms with E-state index in [1.54, 1.807) is 0 Å². The molecule has 0 fully saturated rings. The van der Waals surface area contributed by atoms with Crippen LogP contribution in [0.15, 0.2) is 16.6 Å². The van der Waals surface area contributed by atoms with Gasteiger partial charge >= 0.3 is 0 Å². The van der Waals surface area contributed by atoms with E-state index in [0.717, 1.165) is 25.5 Å². The Morgan fingerprint density at radius 1 is 1.43 bits per heavy atom. The summed E-state index contributed by atoms with van der Waals surface area (Å²) in [4.78, 5) is 12.6. The number of nitro groups is 1. The normalized spacial score (nSPS) is 11.2. The maximum atomic E-state index is 13.3. The van der Waals surface area contributed by atoms with Gasteiger partial charge in [-0.25, -0.2) is 4.39 Å². The molecule has 0 saturated heterocycles. The molecule has 0 unspecified atom stereocenters. The van der Waals surface area contributed by atoms with Gasteiger partial charge in [-0.3, -0.25) is 10.1 Å². The van der Waals surface area contributed by atoms with Crippen LogP contribution in [0.1, 0.15) is 26.7 Å². The van der Waals surface area contributed by atoms with Crippen molar-refractivity contribution in [3.05, 3.63) is 32.5 Å². The predicted octanol–water partition coefficient (Wildman–Crippen LogP) is 4.03. The molecule has 0 radical (unpaired) electrons. The van der Waals surface area contributed by atoms with Crippen LogP contribution in [0, 0.1) is 15.9 Å². The average Bonchev–Trinajstić information content (AvgIpc) is 2.41. The Bertz CT molecular complexity index is 497. The number of benzene rings is 1. The van der Waals surface area contributed by atoms with E-state index in [-0.39, 0.29) is 10.2 Å². The SMILES string of the molecule is CC(C)N(C)CCCCNc1cc(Br)c(F)cc1[N+](=O)[O-]. The highest BCUT2D eigenvalue weighted by molar-refractivity contribution is 9.10. The minimum atomic E-state index is -0.634. The molecule has 0 aliphatic rings. The average molecular weight is 362 g/mol. The molecule has 0 aromatic heterocycles. The van der Waals surface area contributed by atoms with Crippen molar-refractivity contribution in [3.8, 4) is 0 Å². The Morgan fingerprint density at radius 2 is 2.10 bits per heavy atom. The highest BCUT2D eigenvalue weighted by Gasteiger charge is 2.17. The standard InChI is InChI=1S/C14H21BrFN3O2/c1-10(2)18(3)7-5-4-6-17-13-8-11(15)12(16)9-14(13)19(20)21/h8-10,17H,4-7H2,1-3H3. The lowest BCUT2D eigenvalue weighted by atomic mass is 10.2. The second-order valence-corrected chi connectivity index (χ2v) is 6.10. The van der Waals surface area contributed by atoms with Gasteiger partial charge in [0.2, 0.25) is 0 Å². The van der Waals surface area contributed by atoms with Gasteiger partial charge in [0.05, 0.1) is 15.5 Å². The number of unbranched alkanes of at least 4 members (excludes halogenated alkanes) is 1. The first kappa shape index (κ1) is 17.8. The maximum absolute atomic E-state index is 13.3. The number of nitrogens with zero attached hydrogens (tertiary/aromatic N) is 2. The largest absolute Gasteiger partial charge is 0.379 e. The lowest BCUT2D eigenvalue weighted by Gasteiger charge is -2.20. The van der Waals surface area contributed by atoms with Gasteiger partial charge in [0.25, 0.3) is 5.69 Å². The molecule has 118 valence electrons. The smallest absolute Gasteiger partial charge is 0.295 e. The minimum absolute atomic E-state index is 0.218. The van der Waals surface area contributed by atoms with Crippen LogP contribution in [0.4, 0.5) is 15.8 Å². The quantitative estimate of drug-likeness (QED) is 0.431. The molecule has 0 bridgehead atoms. The van der Waals surface area contributed by atoms with Crippen molar-refractivity contribution < 1.29 is 9.31 Å². The second-order valence-electron chi connectivity index (χ2n) is 5.25. The number of nitrogens with one attached hydrogen (secondary N) is 1. The molecular weight excluding hydrogens is 341 g/mol. The summed E-state index contributed by atoms with van der Waals surface area (Å²) < 4.78 is 13.6. The molecule has 7 heteroatoms. The number of anilines is 1. The molecule has 1 aromatic rings. The summed E-state index contributed by atoms with van der Waals surface area (Å²) in [5.41, 5.74) is 0.0977. The first-order chi connectivity index (χ1) is 9.82. The van der Waals surface area contributed by atoms with Crippen LogP contribution in [-0.2, 0) is 0 Å². The van der Waals surface area contributed by atoms with Gasteiger partial charge in [-0.2, -0.15) is 0 Å². The summed E-state index contributed by atoms with van der Waals surface area (Å²) in [6.45, 7) is 5.87. The van der Waals surface area contributed by atoms with Crippen LogP contribution in [0.2, 0.25) is 0 Å². The van der Waals surface area contributed by atoms with Crippen molar-refractivity contribution in [2.45, 2.75) is 32.7 Å². The molecule has 1 rings (SSSR count). The van der Waals surface area contributed by atoms with Crippen LogP contribution >= 0.6 is 15.9 Å². The lowest BCUT2D eigenvalue weighted by Crippen LogP contribution is -2.27. The fourth-order valence-electron chi connectivity index (χ4n) is 1.80. The summed E-state index contributed by atoms with van der Waals surface area (Å²) in [5, 5.41) is 13.9. The van der Waals surface area contributed by atoms with Crippen molar-refractivity contribution in [1.82, 2.24) is 4.90 Å². The first-order valence-corrected chi connectivity index (χ1v) is 7.69. The van der Waals surface area contributed by atoms with Crippen molar-refractivity contribution in [2.24, 2.45) is 0 Å². The Hall–Kier alpha value is -1.21. The van der Waals surface area contributed by atoms with Gasteiger partial charge in [0.1, 0.15) is 11.5 Å². The molecule has 21 heavy (non-hydrogen) atoms. The van der Waals surface area contributed by atoms with Crippen LogP contribution in [0.5, 0.6) is 0 Å². The summed E-state index contributed by atoms with van der Waals surface area (Å²) in [6, 6.07) is 2.85. The Balaban J connectivity index is 2.52. The molecule has 0 spiro atoms. The van der Waals surface area contributed by atoms with Gasteiger partial charge in [-0.05, 0) is 62.3 Å². The molecule has 5 nitrogen and oxygen atoms in total. The molecule has 1 aromatic carbocycles. The highest BCUT2D eigenvalue weighted by Crippen LogP contribution is 2.30. The van der Waals surface area contributed by atoms with Gasteiger partial charge in [0.15, 0.2) is 0 Å². The van der Waals surface area contributed by atoms with E-state index in [2.05, 4.69) is 47.0 Å². The van der Waals surface area contributed by atoms with Gasteiger partial charge in [-0.15, -0.1) is 0 Å². The summed E-state index contributed by atoms with van der Waals surface area (Å²) >= 11 is 3.04. The van der Waals surface area contributed by atoms with Gasteiger partial charge < -0.3 is 10.2 Å². The summed E-state index contributed by atoms with van der Waals surface area (Å²) in [6.07, 6.45) is 1.89. The number of halogens is 2. The minimum Gasteiger partial charge on any atom is -0.379 e. The van der Waals surface area contributed by atoms with Crippen molar-refractivity contribution in [3.63, 3.8) is 0 Å². The molecule has 0 heterocycles. The first-order valence-electron chi connectivity index (χ1n) is 6.90. The third kappa shape index (κ3) is 5.59. The molecule has 0 atom stereocenters. The Kier molecular flexibility index (Phi) is 7.04. The zero-order chi connectivity index (χ0) is 16.0. The van der Waals surface area contributed by atoms with Crippen LogP contribution in [-0.4, -0.2) is 36.0 Å². The van der Waals surface area contributed by atoms with Crippen molar-refractivity contribution in [1.29, 1.82) is 0 Å². The maximum Gasteiger partial charge on any atom is 0.295 e. The number of hydrogen-bond acceptors (Lipinski definition) is 4. The van der Waals surface area contributed by atoms with E-state index < -0.39 is 10.7 Å². The van der Waals surface area contributed by atoms with E-state index >= 15 is 0 Å². The third-order valence-electron chi connectivity index (χ3n) is 3.37. The van der Waals surface area contributed by atoms with Crippen LogP contribution in [0.25, 0.3) is 0 Å². The van der Waals surface area contributed by atoms with E-state index in [4.69, 9.17) is 0 Å². The van der Waals surface area contributed by atoms with E-state index in [0.29, 0.717) is 18.3 Å². The summed E-state index contributed by atoms with van der Waals surface area (Å²) in [5.74, 6) is -0.634. The van der Waals surface area contributed by atoms with Crippen LogP contribution in [0.3, 0.4) is 0 Å². The fourth-order valence-corrected chi connectivity index (χ4v) is 2.14. The molecule has 0 aliphatic carbocycles. The molecule has 1 N–H and O–H groups in total. The third-order valence-corrected chi connectivity index (χ3v) is 3.98. The van der Waals surface area contributed by atoms with Crippen molar-refractivity contribution in [2.75, 3.05) is 25.5 Å². The fraction of sp³-hybridized carbons (Fsp3) is 0.571. The number of nitro benzene ring substituents is 1. The van der Waals surface area contributed by atoms with Crippen LogP contribution < -0.4 is 5.32 Å². The van der Waals surface area contributed by atoms with Gasteiger partial charge in [-0.1, -0.05) is 0 Å². The molecular formula is C14H21BrFN3O2. The molecule has 0 amide bonds. The number of rotatable bonds is 8. The molecule has 0 saturated carbocycles. The van der Waals surface area contributed by atoms with Crippen molar-refractivity contribution >= 4 is 27.3 Å². The summed E-state index contributed by atoms with van der Waals surface area (Å²) in [7, 11) is 2.07. The number of hydrogen-bond donors (Lipinski definition) is 1. The highest BCUT2D eigenvalue weighted by atomic mass is 79.9. The molecule has 0 aliphatic heterocycles. The lowest BCUT2D eigenvalue weighted by molar-refractivity contribution is -0.384. The zero-order valence-corrected chi connectivity index (χ0v) is 14.1. The second kappa shape index (κ2) is 8.29. The monoisotopic (exact) mass is 361 g/mol. The Labute approximate surface area is 132 Å². The van der Waals surface area contributed by atoms with E-state index in [1.807, 2.05) is 0 Å².